The highest BCUT2D eigenvalue weighted by molar-refractivity contribution is 6.40. The van der Waals surface area contributed by atoms with Crippen LogP contribution in [0.25, 0.3) is 0 Å². The quantitative estimate of drug-likeness (QED) is 0.639. The number of hydrogen-bond acceptors (Lipinski definition) is 4. The maximum absolute atomic E-state index is 7.87. The summed E-state index contributed by atoms with van der Waals surface area (Å²) in [5, 5.41) is 7.87. The van der Waals surface area contributed by atoms with E-state index in [4.69, 9.17) is 15.9 Å². The predicted octanol–water partition coefficient (Wildman–Crippen LogP) is 2.33. The fourth-order valence-corrected chi connectivity index (χ4v) is 2.21. The summed E-state index contributed by atoms with van der Waals surface area (Å²) < 4.78 is 5.38. The van der Waals surface area contributed by atoms with Crippen LogP contribution >= 0.6 is 0 Å². The highest BCUT2D eigenvalue weighted by Crippen LogP contribution is 2.28. The van der Waals surface area contributed by atoms with Crippen molar-refractivity contribution in [3.8, 4) is 0 Å². The van der Waals surface area contributed by atoms with Crippen molar-refractivity contribution in [3.05, 3.63) is 24.3 Å². The number of morpholine rings is 1. The summed E-state index contributed by atoms with van der Waals surface area (Å²) in [6.45, 7) is 5.22. The van der Waals surface area contributed by atoms with Gasteiger partial charge in [0.2, 0.25) is 0 Å². The van der Waals surface area contributed by atoms with Gasteiger partial charge < -0.3 is 20.8 Å². The van der Waals surface area contributed by atoms with Crippen LogP contribution in [-0.4, -0.2) is 37.9 Å². The Morgan fingerprint density at radius 3 is 2.75 bits per heavy atom. The van der Waals surface area contributed by atoms with Gasteiger partial charge >= 0.3 is 0 Å². The van der Waals surface area contributed by atoms with Gasteiger partial charge in [-0.3, -0.25) is 0 Å². The van der Waals surface area contributed by atoms with Gasteiger partial charge in [-0.1, -0.05) is 25.5 Å². The number of benzene rings is 1. The molecule has 5 heteroatoms. The van der Waals surface area contributed by atoms with Crippen molar-refractivity contribution in [2.45, 2.75) is 19.8 Å². The van der Waals surface area contributed by atoms with E-state index < -0.39 is 0 Å². The number of para-hydroxylation sites is 2. The zero-order valence-electron chi connectivity index (χ0n) is 11.9. The van der Waals surface area contributed by atoms with Crippen LogP contribution < -0.4 is 10.6 Å². The molecule has 0 aliphatic carbocycles. The van der Waals surface area contributed by atoms with Crippen molar-refractivity contribution < 1.29 is 4.74 Å². The molecule has 1 fully saturated rings. The lowest BCUT2D eigenvalue weighted by Crippen LogP contribution is -2.36. The van der Waals surface area contributed by atoms with Crippen molar-refractivity contribution in [2.24, 2.45) is 10.7 Å². The minimum atomic E-state index is 0.313. The number of aliphatic imine (C=N–C) groups is 1. The van der Waals surface area contributed by atoms with Crippen LogP contribution in [-0.2, 0) is 4.74 Å². The van der Waals surface area contributed by atoms with Crippen molar-refractivity contribution in [3.63, 3.8) is 0 Å². The zero-order valence-corrected chi connectivity index (χ0v) is 11.9. The number of hydrogen-bond donors (Lipinski definition) is 2. The van der Waals surface area contributed by atoms with E-state index in [1.54, 1.807) is 0 Å². The van der Waals surface area contributed by atoms with Crippen LogP contribution in [0.1, 0.15) is 19.8 Å². The number of anilines is 1. The van der Waals surface area contributed by atoms with Gasteiger partial charge in [-0.25, -0.2) is 4.99 Å². The second-order valence-corrected chi connectivity index (χ2v) is 4.81. The first-order chi connectivity index (χ1) is 9.72. The van der Waals surface area contributed by atoms with Gasteiger partial charge in [-0.2, -0.15) is 0 Å². The molecule has 0 spiro atoms. The van der Waals surface area contributed by atoms with E-state index in [1.165, 1.54) is 0 Å². The van der Waals surface area contributed by atoms with E-state index in [9.17, 15) is 0 Å². The Morgan fingerprint density at radius 2 is 2.05 bits per heavy atom. The average molecular weight is 274 g/mol. The molecule has 1 saturated heterocycles. The molecule has 1 heterocycles. The molecule has 0 amide bonds. The van der Waals surface area contributed by atoms with Gasteiger partial charge in [0.15, 0.2) is 0 Å². The number of rotatable bonds is 5. The summed E-state index contributed by atoms with van der Waals surface area (Å²) in [5.41, 5.74) is 8.21. The lowest BCUT2D eigenvalue weighted by Gasteiger charge is -2.29. The summed E-state index contributed by atoms with van der Waals surface area (Å²) in [6, 6.07) is 7.93. The van der Waals surface area contributed by atoms with Crippen LogP contribution in [0.5, 0.6) is 0 Å². The van der Waals surface area contributed by atoms with Gasteiger partial charge in [0, 0.05) is 13.1 Å². The molecule has 0 saturated carbocycles. The van der Waals surface area contributed by atoms with Crippen LogP contribution in [0.2, 0.25) is 0 Å². The van der Waals surface area contributed by atoms with Crippen molar-refractivity contribution in [1.29, 1.82) is 5.41 Å². The number of amidine groups is 1. The monoisotopic (exact) mass is 274 g/mol. The van der Waals surface area contributed by atoms with E-state index in [-0.39, 0.29) is 0 Å². The van der Waals surface area contributed by atoms with Crippen LogP contribution in [0, 0.1) is 5.41 Å². The van der Waals surface area contributed by atoms with Gasteiger partial charge in [0.05, 0.1) is 30.3 Å². The topological polar surface area (TPSA) is 74.7 Å². The standard InChI is InChI=1S/C15H22N4O/c1-2-5-12(16)15(17)18-13-6-3-4-7-14(13)19-8-10-20-11-9-19/h3-4,6-7,16H,2,5,8-11H2,1H3,(H2,17,18). The summed E-state index contributed by atoms with van der Waals surface area (Å²) >= 11 is 0. The Kier molecular flexibility index (Phi) is 5.12. The maximum Gasteiger partial charge on any atom is 0.145 e. The Labute approximate surface area is 120 Å². The molecule has 0 atom stereocenters. The molecule has 108 valence electrons. The fraction of sp³-hybridized carbons (Fsp3) is 0.467. The summed E-state index contributed by atoms with van der Waals surface area (Å²) in [5.74, 6) is 0.313. The summed E-state index contributed by atoms with van der Waals surface area (Å²) in [7, 11) is 0. The zero-order chi connectivity index (χ0) is 14.4. The first kappa shape index (κ1) is 14.5. The first-order valence-corrected chi connectivity index (χ1v) is 7.06. The molecule has 0 aromatic heterocycles. The third-order valence-electron chi connectivity index (χ3n) is 3.28. The fourth-order valence-electron chi connectivity index (χ4n) is 2.21. The number of nitrogens with two attached hydrogens (primary N) is 1. The Balaban J connectivity index is 2.23. The van der Waals surface area contributed by atoms with Crippen LogP contribution in [0.15, 0.2) is 29.3 Å². The second kappa shape index (κ2) is 7.05. The molecule has 1 aliphatic heterocycles. The van der Waals surface area contributed by atoms with E-state index >= 15 is 0 Å². The molecule has 2 rings (SSSR count). The molecular weight excluding hydrogens is 252 g/mol. The largest absolute Gasteiger partial charge is 0.382 e. The molecule has 3 N–H and O–H groups in total. The van der Waals surface area contributed by atoms with Gasteiger partial charge in [-0.15, -0.1) is 0 Å². The molecule has 1 aromatic rings. The lowest BCUT2D eigenvalue weighted by molar-refractivity contribution is 0.123. The maximum atomic E-state index is 7.87. The van der Waals surface area contributed by atoms with E-state index in [0.29, 0.717) is 18.0 Å². The molecule has 0 unspecified atom stereocenters. The lowest BCUT2D eigenvalue weighted by atomic mass is 10.2. The van der Waals surface area contributed by atoms with Crippen molar-refractivity contribution in [2.75, 3.05) is 31.2 Å². The number of nitrogens with zero attached hydrogens (tertiary/aromatic N) is 2. The molecule has 20 heavy (non-hydrogen) atoms. The minimum absolute atomic E-state index is 0.313. The molecule has 1 aromatic carbocycles. The Hall–Kier alpha value is -1.88. The van der Waals surface area contributed by atoms with Crippen LogP contribution in [0.3, 0.4) is 0 Å². The van der Waals surface area contributed by atoms with E-state index in [0.717, 1.165) is 44.1 Å². The average Bonchev–Trinajstić information content (AvgIpc) is 2.49. The Bertz CT molecular complexity index is 492. The minimum Gasteiger partial charge on any atom is -0.382 e. The molecular formula is C15H22N4O. The normalized spacial score (nSPS) is 16.2. The third-order valence-corrected chi connectivity index (χ3v) is 3.28. The van der Waals surface area contributed by atoms with E-state index in [1.807, 2.05) is 31.2 Å². The van der Waals surface area contributed by atoms with Crippen molar-refractivity contribution in [1.82, 2.24) is 0 Å². The molecule has 0 bridgehead atoms. The third kappa shape index (κ3) is 3.57. The molecule has 0 radical (unpaired) electrons. The second-order valence-electron chi connectivity index (χ2n) is 4.81. The number of ether oxygens (including phenoxy) is 1. The molecule has 1 aliphatic rings. The number of nitrogens with one attached hydrogen (secondary N) is 1. The van der Waals surface area contributed by atoms with E-state index in [2.05, 4.69) is 9.89 Å². The van der Waals surface area contributed by atoms with Gasteiger partial charge in [0.25, 0.3) is 0 Å². The smallest absolute Gasteiger partial charge is 0.145 e. The highest BCUT2D eigenvalue weighted by Gasteiger charge is 2.14. The first-order valence-electron chi connectivity index (χ1n) is 7.06. The van der Waals surface area contributed by atoms with Crippen LogP contribution in [0.4, 0.5) is 11.4 Å². The highest BCUT2D eigenvalue weighted by atomic mass is 16.5. The van der Waals surface area contributed by atoms with Gasteiger partial charge in [-0.05, 0) is 18.6 Å². The van der Waals surface area contributed by atoms with Gasteiger partial charge in [0.1, 0.15) is 5.84 Å². The predicted molar refractivity (Wildman–Crippen MR) is 83.4 cm³/mol. The SMILES string of the molecule is CCCC(=N)C(N)=Nc1ccccc1N1CCOCC1. The summed E-state index contributed by atoms with van der Waals surface area (Å²) in [6.07, 6.45) is 1.56. The summed E-state index contributed by atoms with van der Waals surface area (Å²) in [4.78, 5) is 6.69. The molecule has 5 nitrogen and oxygen atoms in total. The van der Waals surface area contributed by atoms with Crippen molar-refractivity contribution >= 4 is 22.9 Å². The Morgan fingerprint density at radius 1 is 1.35 bits per heavy atom.